The lowest BCUT2D eigenvalue weighted by atomic mass is 9.76. The van der Waals surface area contributed by atoms with E-state index < -0.39 is 0 Å². The lowest BCUT2D eigenvalue weighted by molar-refractivity contribution is 0.0439. The van der Waals surface area contributed by atoms with Crippen molar-refractivity contribution in [3.05, 3.63) is 35.4 Å². The molecule has 1 atom stereocenters. The Hall–Kier alpha value is -0.860. The van der Waals surface area contributed by atoms with Crippen LogP contribution in [0.4, 0.5) is 0 Å². The number of benzene rings is 1. The molecule has 1 aromatic carbocycles. The van der Waals surface area contributed by atoms with Crippen molar-refractivity contribution in [1.82, 2.24) is 4.90 Å². The van der Waals surface area contributed by atoms with Gasteiger partial charge in [0.25, 0.3) is 0 Å². The molecule has 0 amide bonds. The van der Waals surface area contributed by atoms with E-state index in [0.29, 0.717) is 6.61 Å². The van der Waals surface area contributed by atoms with Crippen LogP contribution in [0.15, 0.2) is 24.3 Å². The predicted octanol–water partition coefficient (Wildman–Crippen LogP) is 2.24. The highest BCUT2D eigenvalue weighted by Crippen LogP contribution is 2.32. The van der Waals surface area contributed by atoms with Gasteiger partial charge in [-0.25, -0.2) is 0 Å². The van der Waals surface area contributed by atoms with E-state index in [4.69, 9.17) is 0 Å². The smallest absolute Gasteiger partial charge is 0.0502 e. The second-order valence-electron chi connectivity index (χ2n) is 5.67. The van der Waals surface area contributed by atoms with E-state index in [-0.39, 0.29) is 5.41 Å². The molecule has 0 bridgehead atoms. The number of hydrogen-bond donors (Lipinski definition) is 1. The number of rotatable bonds is 3. The molecule has 1 heterocycles. The summed E-state index contributed by atoms with van der Waals surface area (Å²) in [6.07, 6.45) is 3.33. The minimum absolute atomic E-state index is 0.0702. The van der Waals surface area contributed by atoms with Gasteiger partial charge < -0.3 is 10.0 Å². The fraction of sp³-hybridized carbons (Fsp3) is 0.600. The van der Waals surface area contributed by atoms with Gasteiger partial charge in [-0.2, -0.15) is 0 Å². The molecule has 0 aromatic heterocycles. The topological polar surface area (TPSA) is 23.5 Å². The molecular formula is C15H23NO. The van der Waals surface area contributed by atoms with Crippen LogP contribution in [0.1, 0.15) is 24.0 Å². The Balaban J connectivity index is 2.13. The molecule has 17 heavy (non-hydrogen) atoms. The Bertz CT molecular complexity index is 377. The first-order chi connectivity index (χ1) is 8.13. The molecule has 1 aromatic rings. The van der Waals surface area contributed by atoms with E-state index in [9.17, 15) is 5.11 Å². The average Bonchev–Trinajstić information content (AvgIpc) is 2.29. The first-order valence-corrected chi connectivity index (χ1v) is 6.49. The average molecular weight is 233 g/mol. The third-order valence-corrected chi connectivity index (χ3v) is 3.85. The zero-order valence-corrected chi connectivity index (χ0v) is 10.9. The number of piperidine rings is 1. The maximum absolute atomic E-state index is 9.76. The van der Waals surface area contributed by atoms with Crippen LogP contribution in [0.5, 0.6) is 0 Å². The molecule has 0 spiro atoms. The maximum atomic E-state index is 9.76. The molecular weight excluding hydrogens is 210 g/mol. The SMILES string of the molecule is Cc1cccc(CC2(CO)CCCN(C)C2)c1. The molecule has 1 aliphatic heterocycles. The first-order valence-electron chi connectivity index (χ1n) is 6.49. The van der Waals surface area contributed by atoms with Gasteiger partial charge in [0.05, 0.1) is 6.61 Å². The van der Waals surface area contributed by atoms with Gasteiger partial charge in [-0.15, -0.1) is 0 Å². The molecule has 0 saturated carbocycles. The number of aliphatic hydroxyl groups is 1. The van der Waals surface area contributed by atoms with Crippen molar-refractivity contribution in [2.45, 2.75) is 26.2 Å². The molecule has 1 fully saturated rings. The van der Waals surface area contributed by atoms with Crippen molar-refractivity contribution in [3.8, 4) is 0 Å². The molecule has 1 unspecified atom stereocenters. The van der Waals surface area contributed by atoms with Crippen molar-refractivity contribution in [3.63, 3.8) is 0 Å². The van der Waals surface area contributed by atoms with E-state index in [1.54, 1.807) is 0 Å². The molecule has 2 heteroatoms. The summed E-state index contributed by atoms with van der Waals surface area (Å²) in [5.41, 5.74) is 2.73. The fourth-order valence-electron chi connectivity index (χ4n) is 3.04. The first kappa shape index (κ1) is 12.6. The van der Waals surface area contributed by atoms with Gasteiger partial charge in [0.1, 0.15) is 0 Å². The third kappa shape index (κ3) is 3.08. The number of nitrogens with zero attached hydrogens (tertiary/aromatic N) is 1. The second kappa shape index (κ2) is 5.19. The van der Waals surface area contributed by atoms with Gasteiger partial charge in [-0.3, -0.25) is 0 Å². The van der Waals surface area contributed by atoms with E-state index in [2.05, 4.69) is 43.1 Å². The van der Waals surface area contributed by atoms with Crippen molar-refractivity contribution < 1.29 is 5.11 Å². The van der Waals surface area contributed by atoms with Crippen molar-refractivity contribution in [1.29, 1.82) is 0 Å². The molecule has 2 nitrogen and oxygen atoms in total. The highest BCUT2D eigenvalue weighted by molar-refractivity contribution is 5.23. The van der Waals surface area contributed by atoms with Gasteiger partial charge in [0, 0.05) is 12.0 Å². The Kier molecular flexibility index (Phi) is 3.85. The highest BCUT2D eigenvalue weighted by atomic mass is 16.3. The minimum Gasteiger partial charge on any atom is -0.396 e. The van der Waals surface area contributed by atoms with Gasteiger partial charge in [-0.05, 0) is 45.3 Å². The summed E-state index contributed by atoms with van der Waals surface area (Å²) >= 11 is 0. The summed E-state index contributed by atoms with van der Waals surface area (Å²) in [5.74, 6) is 0. The number of likely N-dealkylation sites (tertiary alicyclic amines) is 1. The summed E-state index contributed by atoms with van der Waals surface area (Å²) in [6, 6.07) is 8.66. The lowest BCUT2D eigenvalue weighted by Gasteiger charge is -2.40. The summed E-state index contributed by atoms with van der Waals surface area (Å²) in [5, 5.41) is 9.76. The summed E-state index contributed by atoms with van der Waals surface area (Å²) in [7, 11) is 2.15. The Morgan fingerprint density at radius 3 is 2.88 bits per heavy atom. The van der Waals surface area contributed by atoms with Crippen LogP contribution in [-0.4, -0.2) is 36.8 Å². The Morgan fingerprint density at radius 2 is 2.24 bits per heavy atom. The van der Waals surface area contributed by atoms with Crippen molar-refractivity contribution in [2.24, 2.45) is 5.41 Å². The molecule has 0 radical (unpaired) electrons. The standard InChI is InChI=1S/C15H23NO/c1-13-5-3-6-14(9-13)10-15(12-17)7-4-8-16(2)11-15/h3,5-6,9,17H,4,7-8,10-12H2,1-2H3. The third-order valence-electron chi connectivity index (χ3n) is 3.85. The summed E-state index contributed by atoms with van der Waals surface area (Å²) < 4.78 is 0. The van der Waals surface area contributed by atoms with Gasteiger partial charge in [0.15, 0.2) is 0 Å². The number of hydrogen-bond acceptors (Lipinski definition) is 2. The summed E-state index contributed by atoms with van der Waals surface area (Å²) in [6.45, 7) is 4.60. The fourth-order valence-corrected chi connectivity index (χ4v) is 3.04. The van der Waals surface area contributed by atoms with Crippen LogP contribution < -0.4 is 0 Å². The van der Waals surface area contributed by atoms with Crippen LogP contribution in [0.3, 0.4) is 0 Å². The monoisotopic (exact) mass is 233 g/mol. The molecule has 0 aliphatic carbocycles. The van der Waals surface area contributed by atoms with Crippen LogP contribution in [0, 0.1) is 12.3 Å². The zero-order chi connectivity index (χ0) is 12.3. The van der Waals surface area contributed by atoms with E-state index >= 15 is 0 Å². The summed E-state index contributed by atoms with van der Waals surface area (Å²) in [4.78, 5) is 2.34. The van der Waals surface area contributed by atoms with Crippen LogP contribution in [-0.2, 0) is 6.42 Å². The van der Waals surface area contributed by atoms with E-state index in [1.165, 1.54) is 17.5 Å². The quantitative estimate of drug-likeness (QED) is 0.865. The van der Waals surface area contributed by atoms with Crippen LogP contribution in [0.25, 0.3) is 0 Å². The molecule has 1 saturated heterocycles. The highest BCUT2D eigenvalue weighted by Gasteiger charge is 2.33. The van der Waals surface area contributed by atoms with Gasteiger partial charge in [0.2, 0.25) is 0 Å². The largest absolute Gasteiger partial charge is 0.396 e. The maximum Gasteiger partial charge on any atom is 0.0502 e. The normalized spacial score (nSPS) is 26.1. The number of aliphatic hydroxyl groups excluding tert-OH is 1. The van der Waals surface area contributed by atoms with Gasteiger partial charge in [-0.1, -0.05) is 29.8 Å². The Morgan fingerprint density at radius 1 is 1.41 bits per heavy atom. The van der Waals surface area contributed by atoms with Crippen molar-refractivity contribution in [2.75, 3.05) is 26.7 Å². The van der Waals surface area contributed by atoms with Crippen molar-refractivity contribution >= 4 is 0 Å². The predicted molar refractivity (Wildman–Crippen MR) is 71.1 cm³/mol. The molecule has 94 valence electrons. The second-order valence-corrected chi connectivity index (χ2v) is 5.67. The molecule has 2 rings (SSSR count). The van der Waals surface area contributed by atoms with E-state index in [0.717, 1.165) is 25.9 Å². The zero-order valence-electron chi connectivity index (χ0n) is 10.9. The van der Waals surface area contributed by atoms with E-state index in [1.807, 2.05) is 0 Å². The Labute approximate surface area is 104 Å². The minimum atomic E-state index is 0.0702. The van der Waals surface area contributed by atoms with Crippen LogP contribution >= 0.6 is 0 Å². The molecule has 1 N–H and O–H groups in total. The molecule has 1 aliphatic rings. The van der Waals surface area contributed by atoms with Gasteiger partial charge >= 0.3 is 0 Å². The lowest BCUT2D eigenvalue weighted by Crippen LogP contribution is -2.44. The number of aryl methyl sites for hydroxylation is 1. The van der Waals surface area contributed by atoms with Crippen LogP contribution in [0.2, 0.25) is 0 Å².